The average Bonchev–Trinajstić information content (AvgIpc) is 2.44. The molecule has 0 aliphatic heterocycles. The van der Waals surface area contributed by atoms with Crippen LogP contribution < -0.4 is 10.1 Å². The molecule has 0 aliphatic carbocycles. The lowest BCUT2D eigenvalue weighted by Crippen LogP contribution is -2.46. The standard InChI is InChI=1S/C14H19NO4/c1-4-10(2)12(13(16)18-3)15-14(17)19-11-8-6-5-7-9-11/h5-10,12H,4H2,1-3H3,(H,15,17)/t10-,12-/m0/s1. The number of para-hydroxylation sites is 1. The highest BCUT2D eigenvalue weighted by atomic mass is 16.6. The topological polar surface area (TPSA) is 64.6 Å². The van der Waals surface area contributed by atoms with Gasteiger partial charge in [0.2, 0.25) is 0 Å². The van der Waals surface area contributed by atoms with Crippen molar-refractivity contribution in [1.29, 1.82) is 0 Å². The molecule has 2 atom stereocenters. The zero-order valence-electron chi connectivity index (χ0n) is 11.4. The summed E-state index contributed by atoms with van der Waals surface area (Å²) in [5.74, 6) is -0.0806. The van der Waals surface area contributed by atoms with Gasteiger partial charge in [0.1, 0.15) is 11.8 Å². The maximum absolute atomic E-state index is 11.7. The number of carbonyl (C=O) groups excluding carboxylic acids is 2. The van der Waals surface area contributed by atoms with Crippen molar-refractivity contribution in [1.82, 2.24) is 5.32 Å². The first kappa shape index (κ1) is 15.0. The maximum Gasteiger partial charge on any atom is 0.413 e. The van der Waals surface area contributed by atoms with Crippen molar-refractivity contribution in [3.05, 3.63) is 30.3 Å². The van der Waals surface area contributed by atoms with Crippen LogP contribution in [0.25, 0.3) is 0 Å². The molecule has 0 radical (unpaired) electrons. The van der Waals surface area contributed by atoms with E-state index in [4.69, 9.17) is 4.74 Å². The van der Waals surface area contributed by atoms with Crippen LogP contribution in [0.15, 0.2) is 30.3 Å². The molecule has 104 valence electrons. The predicted molar refractivity (Wildman–Crippen MR) is 70.9 cm³/mol. The van der Waals surface area contributed by atoms with Crippen LogP contribution in [-0.2, 0) is 9.53 Å². The van der Waals surface area contributed by atoms with Gasteiger partial charge < -0.3 is 14.8 Å². The zero-order chi connectivity index (χ0) is 14.3. The molecule has 0 fully saturated rings. The third kappa shape index (κ3) is 4.62. The van der Waals surface area contributed by atoms with Gasteiger partial charge in [0.05, 0.1) is 7.11 Å². The minimum absolute atomic E-state index is 0.0317. The van der Waals surface area contributed by atoms with Crippen LogP contribution in [0.2, 0.25) is 0 Å². The largest absolute Gasteiger partial charge is 0.467 e. The fourth-order valence-corrected chi connectivity index (χ4v) is 1.55. The van der Waals surface area contributed by atoms with Gasteiger partial charge >= 0.3 is 12.1 Å². The van der Waals surface area contributed by atoms with Crippen molar-refractivity contribution in [2.75, 3.05) is 7.11 Å². The van der Waals surface area contributed by atoms with Crippen molar-refractivity contribution in [3.8, 4) is 5.75 Å². The second-order valence-electron chi connectivity index (χ2n) is 4.23. The van der Waals surface area contributed by atoms with Gasteiger partial charge in [-0.15, -0.1) is 0 Å². The molecule has 0 aromatic heterocycles. The van der Waals surface area contributed by atoms with Crippen LogP contribution in [0.4, 0.5) is 4.79 Å². The number of nitrogens with one attached hydrogen (secondary N) is 1. The average molecular weight is 265 g/mol. The SMILES string of the molecule is CC[C@H](C)[C@H](NC(=O)Oc1ccccc1)C(=O)OC. The summed E-state index contributed by atoms with van der Waals surface area (Å²) in [4.78, 5) is 23.3. The van der Waals surface area contributed by atoms with E-state index in [9.17, 15) is 9.59 Å². The molecule has 0 saturated heterocycles. The number of methoxy groups -OCH3 is 1. The van der Waals surface area contributed by atoms with E-state index in [2.05, 4.69) is 10.1 Å². The normalized spacial score (nSPS) is 13.2. The summed E-state index contributed by atoms with van der Waals surface area (Å²) in [6.07, 6.45) is 0.0765. The monoisotopic (exact) mass is 265 g/mol. The highest BCUT2D eigenvalue weighted by Crippen LogP contribution is 2.11. The highest BCUT2D eigenvalue weighted by molar-refractivity contribution is 5.82. The molecular formula is C14H19NO4. The lowest BCUT2D eigenvalue weighted by molar-refractivity contribution is -0.144. The fraction of sp³-hybridized carbons (Fsp3) is 0.429. The molecule has 5 nitrogen and oxygen atoms in total. The molecule has 1 amide bonds. The predicted octanol–water partition coefficient (Wildman–Crippen LogP) is 2.36. The fourth-order valence-electron chi connectivity index (χ4n) is 1.55. The lowest BCUT2D eigenvalue weighted by Gasteiger charge is -2.21. The number of amides is 1. The molecule has 1 aromatic rings. The molecule has 0 aliphatic rings. The molecular weight excluding hydrogens is 246 g/mol. The van der Waals surface area contributed by atoms with Crippen molar-refractivity contribution in [2.45, 2.75) is 26.3 Å². The zero-order valence-corrected chi connectivity index (χ0v) is 11.4. The Labute approximate surface area is 112 Å². The van der Waals surface area contributed by atoms with E-state index in [0.717, 1.165) is 6.42 Å². The van der Waals surface area contributed by atoms with Crippen LogP contribution in [0.3, 0.4) is 0 Å². The summed E-state index contributed by atoms with van der Waals surface area (Å²) < 4.78 is 9.75. The van der Waals surface area contributed by atoms with Crippen molar-refractivity contribution in [2.24, 2.45) is 5.92 Å². The molecule has 0 bridgehead atoms. The molecule has 0 unspecified atom stereocenters. The third-order valence-corrected chi connectivity index (χ3v) is 2.90. The van der Waals surface area contributed by atoms with Gasteiger partial charge in [-0.1, -0.05) is 38.5 Å². The summed E-state index contributed by atoms with van der Waals surface area (Å²) in [6.45, 7) is 3.80. The first-order chi connectivity index (χ1) is 9.08. The lowest BCUT2D eigenvalue weighted by atomic mass is 9.99. The van der Waals surface area contributed by atoms with Crippen LogP contribution >= 0.6 is 0 Å². The molecule has 19 heavy (non-hydrogen) atoms. The van der Waals surface area contributed by atoms with E-state index in [0.29, 0.717) is 5.75 Å². The van der Waals surface area contributed by atoms with E-state index in [1.165, 1.54) is 7.11 Å². The maximum atomic E-state index is 11.7. The van der Waals surface area contributed by atoms with Gasteiger partial charge in [0.15, 0.2) is 0 Å². The van der Waals surface area contributed by atoms with Crippen molar-refractivity contribution >= 4 is 12.1 Å². The minimum atomic E-state index is -0.703. The molecule has 0 spiro atoms. The number of ether oxygens (including phenoxy) is 2. The Morgan fingerprint density at radius 1 is 1.26 bits per heavy atom. The van der Waals surface area contributed by atoms with Crippen molar-refractivity contribution < 1.29 is 19.1 Å². The first-order valence-corrected chi connectivity index (χ1v) is 6.19. The van der Waals surface area contributed by atoms with Gasteiger partial charge in [-0.3, -0.25) is 0 Å². The Morgan fingerprint density at radius 2 is 1.89 bits per heavy atom. The van der Waals surface area contributed by atoms with E-state index < -0.39 is 18.1 Å². The molecule has 1 aromatic carbocycles. The Kier molecular flexibility index (Phi) is 5.85. The van der Waals surface area contributed by atoms with Crippen LogP contribution in [0, 0.1) is 5.92 Å². The number of hydrogen-bond acceptors (Lipinski definition) is 4. The van der Waals surface area contributed by atoms with Gasteiger partial charge in [0, 0.05) is 0 Å². The smallest absolute Gasteiger partial charge is 0.413 e. The van der Waals surface area contributed by atoms with E-state index in [1.807, 2.05) is 19.9 Å². The van der Waals surface area contributed by atoms with Gasteiger partial charge in [0.25, 0.3) is 0 Å². The third-order valence-electron chi connectivity index (χ3n) is 2.90. The van der Waals surface area contributed by atoms with Crippen LogP contribution in [-0.4, -0.2) is 25.2 Å². The minimum Gasteiger partial charge on any atom is -0.467 e. The number of hydrogen-bond donors (Lipinski definition) is 1. The molecule has 1 N–H and O–H groups in total. The van der Waals surface area contributed by atoms with Gasteiger partial charge in [-0.2, -0.15) is 0 Å². The van der Waals surface area contributed by atoms with E-state index in [1.54, 1.807) is 24.3 Å². The number of rotatable bonds is 5. The Balaban J connectivity index is 2.64. The molecule has 1 rings (SSSR count). The van der Waals surface area contributed by atoms with Crippen LogP contribution in [0.5, 0.6) is 5.75 Å². The molecule has 5 heteroatoms. The molecule has 0 saturated carbocycles. The Bertz CT molecular complexity index is 419. The summed E-state index contributed by atoms with van der Waals surface area (Å²) in [5.41, 5.74) is 0. The number of esters is 1. The Morgan fingerprint density at radius 3 is 2.42 bits per heavy atom. The summed E-state index contributed by atoms with van der Waals surface area (Å²) >= 11 is 0. The van der Waals surface area contributed by atoms with E-state index in [-0.39, 0.29) is 5.92 Å². The summed E-state index contributed by atoms with van der Waals surface area (Å²) in [7, 11) is 1.29. The first-order valence-electron chi connectivity index (χ1n) is 6.19. The summed E-state index contributed by atoms with van der Waals surface area (Å²) in [5, 5.41) is 2.53. The van der Waals surface area contributed by atoms with Crippen LogP contribution in [0.1, 0.15) is 20.3 Å². The summed E-state index contributed by atoms with van der Waals surface area (Å²) in [6, 6.07) is 7.96. The molecule has 0 heterocycles. The second kappa shape index (κ2) is 7.41. The quantitative estimate of drug-likeness (QED) is 0.830. The van der Waals surface area contributed by atoms with Crippen molar-refractivity contribution in [3.63, 3.8) is 0 Å². The number of benzene rings is 1. The van der Waals surface area contributed by atoms with E-state index >= 15 is 0 Å². The Hall–Kier alpha value is -2.04. The van der Waals surface area contributed by atoms with Gasteiger partial charge in [-0.05, 0) is 18.1 Å². The highest BCUT2D eigenvalue weighted by Gasteiger charge is 2.27. The number of carbonyl (C=O) groups is 2. The van der Waals surface area contributed by atoms with Gasteiger partial charge in [-0.25, -0.2) is 9.59 Å². The second-order valence-corrected chi connectivity index (χ2v) is 4.23.